The third-order valence-electron chi connectivity index (χ3n) is 1.50. The number of hydrogen-bond donors (Lipinski definition) is 0. The maximum absolute atomic E-state index is 10.8. The summed E-state index contributed by atoms with van der Waals surface area (Å²) >= 11 is 0. The van der Waals surface area contributed by atoms with Crippen LogP contribution in [0.1, 0.15) is 19.8 Å². The fraction of sp³-hybridized carbons (Fsp3) is 0.714. The van der Waals surface area contributed by atoms with E-state index in [2.05, 4.69) is 14.9 Å². The molecular formula is C7H12O4S. The van der Waals surface area contributed by atoms with Crippen molar-refractivity contribution in [3.05, 3.63) is 12.2 Å². The highest BCUT2D eigenvalue weighted by Gasteiger charge is 2.25. The fourth-order valence-corrected chi connectivity index (χ4v) is 1.90. The number of rotatable bonds is 2. The minimum atomic E-state index is -3.72. The van der Waals surface area contributed by atoms with Gasteiger partial charge in [-0.2, -0.15) is 8.42 Å². The van der Waals surface area contributed by atoms with Gasteiger partial charge in [0, 0.05) is 6.42 Å². The Hall–Kier alpha value is -0.390. The average molecular weight is 192 g/mol. The molecule has 0 aromatic rings. The summed E-state index contributed by atoms with van der Waals surface area (Å²) in [7, 11) is -3.72. The van der Waals surface area contributed by atoms with Crippen molar-refractivity contribution in [2.75, 3.05) is 6.61 Å². The minimum absolute atomic E-state index is 0.209. The third kappa shape index (κ3) is 2.92. The predicted molar refractivity (Wildman–Crippen MR) is 43.8 cm³/mol. The van der Waals surface area contributed by atoms with Crippen LogP contribution in [-0.4, -0.2) is 21.1 Å². The quantitative estimate of drug-likeness (QED) is 0.612. The summed E-state index contributed by atoms with van der Waals surface area (Å²) < 4.78 is 30.6. The van der Waals surface area contributed by atoms with E-state index in [9.17, 15) is 8.42 Å². The van der Waals surface area contributed by atoms with E-state index >= 15 is 0 Å². The van der Waals surface area contributed by atoms with Gasteiger partial charge in [-0.15, -0.1) is 6.58 Å². The first-order chi connectivity index (χ1) is 5.49. The van der Waals surface area contributed by atoms with E-state index in [1.165, 1.54) is 0 Å². The maximum Gasteiger partial charge on any atom is 0.400 e. The molecule has 0 radical (unpaired) electrons. The van der Waals surface area contributed by atoms with E-state index in [1.54, 1.807) is 0 Å². The molecule has 1 saturated heterocycles. The first kappa shape index (κ1) is 9.70. The Bertz CT molecular complexity index is 267. The molecule has 4 nitrogen and oxygen atoms in total. The average Bonchev–Trinajstić information content (AvgIpc) is 1.82. The van der Waals surface area contributed by atoms with E-state index in [4.69, 9.17) is 0 Å². The standard InChI is InChI=1S/C7H12O4S/c1-6(2)5-7-3-4-10-12(8,9)11-7/h7H,1,3-5H2,2H3. The lowest BCUT2D eigenvalue weighted by molar-refractivity contribution is 0.0918. The van der Waals surface area contributed by atoms with Crippen LogP contribution in [0.5, 0.6) is 0 Å². The van der Waals surface area contributed by atoms with Crippen LogP contribution in [-0.2, 0) is 18.8 Å². The molecule has 1 fully saturated rings. The lowest BCUT2D eigenvalue weighted by Crippen LogP contribution is -2.28. The Kier molecular flexibility index (Phi) is 2.87. The Morgan fingerprint density at radius 2 is 2.33 bits per heavy atom. The third-order valence-corrected chi connectivity index (χ3v) is 2.46. The highest BCUT2D eigenvalue weighted by Crippen LogP contribution is 2.18. The van der Waals surface area contributed by atoms with Crippen molar-refractivity contribution in [1.82, 2.24) is 0 Å². The van der Waals surface area contributed by atoms with Crippen LogP contribution in [0.4, 0.5) is 0 Å². The topological polar surface area (TPSA) is 52.6 Å². The fourth-order valence-electron chi connectivity index (χ4n) is 1.05. The molecule has 1 atom stereocenters. The zero-order valence-electron chi connectivity index (χ0n) is 6.95. The molecule has 0 spiro atoms. The molecule has 1 heterocycles. The zero-order chi connectivity index (χ0) is 9.19. The lowest BCUT2D eigenvalue weighted by atomic mass is 10.1. The molecule has 70 valence electrons. The number of hydrogen-bond acceptors (Lipinski definition) is 4. The maximum atomic E-state index is 10.8. The van der Waals surface area contributed by atoms with E-state index in [0.717, 1.165) is 5.57 Å². The van der Waals surface area contributed by atoms with Crippen molar-refractivity contribution < 1.29 is 16.8 Å². The molecule has 1 rings (SSSR count). The Morgan fingerprint density at radius 3 is 2.83 bits per heavy atom. The van der Waals surface area contributed by atoms with E-state index in [0.29, 0.717) is 12.8 Å². The van der Waals surface area contributed by atoms with Gasteiger partial charge < -0.3 is 0 Å². The smallest absolute Gasteiger partial charge is 0.248 e. The molecule has 0 aliphatic carbocycles. The highest BCUT2D eigenvalue weighted by molar-refractivity contribution is 7.81. The summed E-state index contributed by atoms with van der Waals surface area (Å²) in [5, 5.41) is 0. The second-order valence-corrected chi connectivity index (χ2v) is 4.14. The summed E-state index contributed by atoms with van der Waals surface area (Å²) in [5.74, 6) is 0. The van der Waals surface area contributed by atoms with Crippen LogP contribution in [0, 0.1) is 0 Å². The van der Waals surface area contributed by atoms with Crippen LogP contribution < -0.4 is 0 Å². The van der Waals surface area contributed by atoms with Crippen LogP contribution in [0.15, 0.2) is 12.2 Å². The van der Waals surface area contributed by atoms with Crippen LogP contribution in [0.25, 0.3) is 0 Å². The Morgan fingerprint density at radius 1 is 1.67 bits per heavy atom. The monoisotopic (exact) mass is 192 g/mol. The predicted octanol–water partition coefficient (Wildman–Crippen LogP) is 1.00. The molecule has 0 amide bonds. The van der Waals surface area contributed by atoms with Crippen molar-refractivity contribution in [3.63, 3.8) is 0 Å². The largest absolute Gasteiger partial charge is 0.400 e. The molecule has 1 aliphatic heterocycles. The van der Waals surface area contributed by atoms with E-state index in [1.807, 2.05) is 6.92 Å². The van der Waals surface area contributed by atoms with Crippen LogP contribution in [0.2, 0.25) is 0 Å². The molecular weight excluding hydrogens is 180 g/mol. The van der Waals surface area contributed by atoms with Gasteiger partial charge in [0.05, 0.1) is 12.7 Å². The minimum Gasteiger partial charge on any atom is -0.248 e. The first-order valence-corrected chi connectivity index (χ1v) is 5.05. The van der Waals surface area contributed by atoms with Gasteiger partial charge in [-0.1, -0.05) is 5.57 Å². The molecule has 12 heavy (non-hydrogen) atoms. The molecule has 1 unspecified atom stereocenters. The first-order valence-electron chi connectivity index (χ1n) is 3.71. The van der Waals surface area contributed by atoms with Crippen molar-refractivity contribution in [3.8, 4) is 0 Å². The molecule has 0 N–H and O–H groups in total. The van der Waals surface area contributed by atoms with Gasteiger partial charge >= 0.3 is 10.4 Å². The highest BCUT2D eigenvalue weighted by atomic mass is 32.3. The summed E-state index contributed by atoms with van der Waals surface area (Å²) in [5.41, 5.74) is 0.914. The van der Waals surface area contributed by atoms with Gasteiger partial charge in [0.2, 0.25) is 0 Å². The molecule has 0 aromatic carbocycles. The van der Waals surface area contributed by atoms with Crippen molar-refractivity contribution in [2.45, 2.75) is 25.9 Å². The van der Waals surface area contributed by atoms with Gasteiger partial charge in [0.15, 0.2) is 0 Å². The Labute approximate surface area is 72.5 Å². The normalized spacial score (nSPS) is 28.2. The summed E-state index contributed by atoms with van der Waals surface area (Å²) in [6.45, 7) is 5.73. The second-order valence-electron chi connectivity index (χ2n) is 2.90. The van der Waals surface area contributed by atoms with Gasteiger partial charge in [-0.25, -0.2) is 8.37 Å². The molecule has 1 aliphatic rings. The lowest BCUT2D eigenvalue weighted by Gasteiger charge is -2.21. The SMILES string of the molecule is C=C(C)CC1CCOS(=O)(=O)O1. The van der Waals surface area contributed by atoms with Crippen LogP contribution in [0.3, 0.4) is 0 Å². The molecule has 0 aromatic heterocycles. The summed E-state index contributed by atoms with van der Waals surface area (Å²) in [6, 6.07) is 0. The Balaban J connectivity index is 2.53. The van der Waals surface area contributed by atoms with E-state index < -0.39 is 10.4 Å². The molecule has 5 heteroatoms. The molecule has 0 bridgehead atoms. The van der Waals surface area contributed by atoms with Crippen molar-refractivity contribution in [2.24, 2.45) is 0 Å². The zero-order valence-corrected chi connectivity index (χ0v) is 7.76. The van der Waals surface area contributed by atoms with Gasteiger partial charge in [0.25, 0.3) is 0 Å². The summed E-state index contributed by atoms with van der Waals surface area (Å²) in [6.07, 6.45) is 0.885. The summed E-state index contributed by atoms with van der Waals surface area (Å²) in [4.78, 5) is 0. The second kappa shape index (κ2) is 3.55. The van der Waals surface area contributed by atoms with Gasteiger partial charge in [-0.05, 0) is 13.3 Å². The van der Waals surface area contributed by atoms with E-state index in [-0.39, 0.29) is 12.7 Å². The van der Waals surface area contributed by atoms with Gasteiger partial charge in [-0.3, -0.25) is 0 Å². The van der Waals surface area contributed by atoms with Crippen molar-refractivity contribution >= 4 is 10.4 Å². The van der Waals surface area contributed by atoms with Crippen LogP contribution >= 0.6 is 0 Å². The van der Waals surface area contributed by atoms with Crippen molar-refractivity contribution in [1.29, 1.82) is 0 Å². The van der Waals surface area contributed by atoms with Gasteiger partial charge in [0.1, 0.15) is 0 Å². The molecule has 0 saturated carbocycles.